The van der Waals surface area contributed by atoms with Gasteiger partial charge in [-0.15, -0.1) is 47.9 Å². The Hall–Kier alpha value is -2.28. The fourth-order valence-corrected chi connectivity index (χ4v) is 13.5. The molecule has 0 saturated carbocycles. The van der Waals surface area contributed by atoms with Crippen LogP contribution in [-0.2, 0) is 28.7 Å². The molecule has 0 aliphatic heterocycles. The lowest BCUT2D eigenvalue weighted by molar-refractivity contribution is -0.154. The van der Waals surface area contributed by atoms with Crippen LogP contribution in [0.4, 0.5) is 0 Å². The molecule has 0 spiro atoms. The summed E-state index contributed by atoms with van der Waals surface area (Å²) in [5.41, 5.74) is -3.24. The van der Waals surface area contributed by atoms with Gasteiger partial charge in [0.15, 0.2) is 21.8 Å². The maximum Gasteiger partial charge on any atom is 0.310 e. The number of unbranched alkanes of at least 4 members (excludes halogenated alkanes) is 39. The summed E-state index contributed by atoms with van der Waals surface area (Å²) >= 11 is 11.0. The summed E-state index contributed by atoms with van der Waals surface area (Å²) in [6, 6.07) is 6.97. The molecule has 2 heterocycles. The van der Waals surface area contributed by atoms with E-state index in [4.69, 9.17) is 9.47 Å². The molecule has 4 unspecified atom stereocenters. The van der Waals surface area contributed by atoms with E-state index < -0.39 is 44.8 Å². The molecule has 0 amide bonds. The van der Waals surface area contributed by atoms with Gasteiger partial charge >= 0.3 is 11.9 Å². The minimum Gasteiger partial charge on any atom is -0.465 e. The van der Waals surface area contributed by atoms with Gasteiger partial charge in [0.1, 0.15) is 10.8 Å². The highest BCUT2D eigenvalue weighted by atomic mass is 32.1. The van der Waals surface area contributed by atoms with E-state index in [0.29, 0.717) is 35.4 Å². The average molecular weight is 1190 g/mol. The summed E-state index contributed by atoms with van der Waals surface area (Å²) in [6.45, 7) is 8.25. The number of ketones is 2. The van der Waals surface area contributed by atoms with Crippen LogP contribution in [0.15, 0.2) is 35.0 Å². The lowest BCUT2D eigenvalue weighted by Gasteiger charge is -2.32. The molecule has 2 aromatic rings. The quantitative estimate of drug-likeness (QED) is 0.0221. The van der Waals surface area contributed by atoms with Crippen LogP contribution in [0.2, 0.25) is 0 Å². The Morgan fingerprint density at radius 2 is 0.600 bits per heavy atom. The number of carbonyl (C=O) groups excluding carboxylic acids is 6. The van der Waals surface area contributed by atoms with E-state index in [9.17, 15) is 28.8 Å². The van der Waals surface area contributed by atoms with Crippen molar-refractivity contribution in [2.45, 2.75) is 310 Å². The minimum atomic E-state index is -1.62. The van der Waals surface area contributed by atoms with Crippen LogP contribution in [0, 0.1) is 22.7 Å². The van der Waals surface area contributed by atoms with E-state index in [1.54, 1.807) is 48.9 Å². The van der Waals surface area contributed by atoms with Crippen molar-refractivity contribution in [2.24, 2.45) is 22.7 Å². The third kappa shape index (κ3) is 31.0. The normalized spacial score (nSPS) is 13.8. The van der Waals surface area contributed by atoms with E-state index in [1.807, 2.05) is 0 Å². The topological polar surface area (TPSA) is 121 Å². The summed E-state index contributed by atoms with van der Waals surface area (Å²) in [4.78, 5) is 82.7. The highest BCUT2D eigenvalue weighted by Crippen LogP contribution is 2.41. The molecule has 0 bridgehead atoms. The van der Waals surface area contributed by atoms with Crippen molar-refractivity contribution >= 4 is 81.7 Å². The number of rotatable bonds is 57. The molecule has 0 radical (unpaired) electrons. The third-order valence-corrected chi connectivity index (χ3v) is 19.7. The first-order valence-corrected chi connectivity index (χ1v) is 35.5. The average Bonchev–Trinajstić information content (AvgIpc) is 4.21. The lowest BCUT2D eigenvalue weighted by atomic mass is 9.71. The Morgan fingerprint density at radius 1 is 0.375 bits per heavy atom. The smallest absolute Gasteiger partial charge is 0.310 e. The molecule has 458 valence electrons. The Bertz CT molecular complexity index is 1750. The lowest BCUT2D eigenvalue weighted by Crippen LogP contribution is -2.45. The van der Waals surface area contributed by atoms with Crippen LogP contribution in [0.3, 0.4) is 0 Å². The number of carbonyl (C=O) groups is 6. The van der Waals surface area contributed by atoms with Gasteiger partial charge in [0, 0.05) is 0 Å². The first-order chi connectivity index (χ1) is 38.9. The molecule has 80 heavy (non-hydrogen) atoms. The van der Waals surface area contributed by atoms with Crippen LogP contribution >= 0.6 is 47.9 Å². The highest BCUT2D eigenvalue weighted by molar-refractivity contribution is 7.97. The summed E-state index contributed by atoms with van der Waals surface area (Å²) < 4.78 is 11.7. The summed E-state index contributed by atoms with van der Waals surface area (Å²) in [6.07, 6.45) is 50.4. The monoisotopic (exact) mass is 1190 g/mol. The number of thiol groups is 2. The Morgan fingerprint density at radius 3 is 0.812 bits per heavy atom. The molecule has 0 aromatic carbocycles. The second kappa shape index (κ2) is 48.0. The molecule has 4 atom stereocenters. The van der Waals surface area contributed by atoms with Crippen LogP contribution in [0.25, 0.3) is 0 Å². The molecule has 0 N–H and O–H groups in total. The van der Waals surface area contributed by atoms with E-state index in [-0.39, 0.29) is 24.8 Å². The highest BCUT2D eigenvalue weighted by Gasteiger charge is 2.52. The fourth-order valence-electron chi connectivity index (χ4n) is 11.4. The molecule has 0 fully saturated rings. The molecule has 0 aliphatic rings. The number of Topliss-reactive ketones (excluding diaryl/α,β-unsaturated/α-hetero) is 2. The van der Waals surface area contributed by atoms with Crippen molar-refractivity contribution < 1.29 is 38.2 Å². The molecule has 2 rings (SSSR count). The van der Waals surface area contributed by atoms with Gasteiger partial charge in [0.2, 0.25) is 0 Å². The van der Waals surface area contributed by atoms with Crippen LogP contribution in [-0.4, -0.2) is 46.9 Å². The predicted octanol–water partition coefficient (Wildman–Crippen LogP) is 21.3. The zero-order valence-corrected chi connectivity index (χ0v) is 54.5. The molecule has 8 nitrogen and oxygen atoms in total. The summed E-state index contributed by atoms with van der Waals surface area (Å²) in [5, 5.41) is 2.40. The fraction of sp³-hybridized carbons (Fsp3) is 0.794. The number of hydrogen-bond acceptors (Lipinski definition) is 10. The van der Waals surface area contributed by atoms with E-state index >= 15 is 0 Å². The predicted molar refractivity (Wildman–Crippen MR) is 345 cm³/mol. The molecule has 2 aromatic heterocycles. The second-order valence-corrected chi connectivity index (χ2v) is 26.5. The maximum absolute atomic E-state index is 13.9. The number of esters is 2. The van der Waals surface area contributed by atoms with Gasteiger partial charge in [-0.25, -0.2) is 0 Å². The molecule has 0 aliphatic carbocycles. The Kier molecular flexibility index (Phi) is 44.3. The van der Waals surface area contributed by atoms with Crippen molar-refractivity contribution in [3.63, 3.8) is 0 Å². The van der Waals surface area contributed by atoms with E-state index in [2.05, 4.69) is 39.1 Å². The molecular weight excluding hydrogens is 1070 g/mol. The van der Waals surface area contributed by atoms with Crippen LogP contribution in [0.5, 0.6) is 0 Å². The second-order valence-electron chi connectivity index (χ2n) is 23.8. The first-order valence-electron chi connectivity index (χ1n) is 32.8. The number of ether oxygens (including phenoxy) is 2. The van der Waals surface area contributed by atoms with Gasteiger partial charge < -0.3 is 9.47 Å². The maximum atomic E-state index is 13.9. The van der Waals surface area contributed by atoms with Gasteiger partial charge in [-0.1, -0.05) is 283 Å². The zero-order valence-electron chi connectivity index (χ0n) is 51.1. The summed E-state index contributed by atoms with van der Waals surface area (Å²) in [7, 11) is 0. The van der Waals surface area contributed by atoms with Crippen molar-refractivity contribution in [1.82, 2.24) is 0 Å². The standard InChI is InChI=1S/C68H114O8S4/c1-5-7-9-11-13-15-17-19-21-23-25-29-33-37-41-45-53-75-63(71)57(67(3,65(73)77)61(69)59-51-47-55-79-59)49-43-39-35-31-27-28-32-36-40-44-50-58(68(4,66(74)78)62(70)60-52-48-56-80-60)64(72)76-54-46-42-38-34-30-26-24-22-20-18-16-14-12-10-8-6-2/h47-48,51-52,55-58H,5-46,49-50,53-54H2,1-4H3,(H,73,77)(H,74,78). The first kappa shape index (κ1) is 73.8. The largest absolute Gasteiger partial charge is 0.465 e. The van der Waals surface area contributed by atoms with Crippen LogP contribution < -0.4 is 0 Å². The minimum absolute atomic E-state index is 0.286. The van der Waals surface area contributed by atoms with Gasteiger partial charge in [0.05, 0.1) is 34.8 Å². The van der Waals surface area contributed by atoms with Gasteiger partial charge in [-0.05, 0) is 62.4 Å². The molecular formula is C68H114O8S4. The van der Waals surface area contributed by atoms with Crippen molar-refractivity contribution in [3.8, 4) is 0 Å². The van der Waals surface area contributed by atoms with E-state index in [0.717, 1.165) is 89.9 Å². The SMILES string of the molecule is CCCCCCCCCCCCCCCCCCOC(=O)C(CCCCCCCCCCCCC(C(=O)OCCCCCCCCCCCCCCCCCC)C(C)(C(=O)S)C(=O)c1cccs1)C(C)(C(=O)S)C(=O)c1cccs1. The zero-order chi connectivity index (χ0) is 58.4. The molecule has 12 heteroatoms. The molecule has 0 saturated heterocycles. The number of hydrogen-bond donors (Lipinski definition) is 2. The Labute approximate surface area is 507 Å². The van der Waals surface area contributed by atoms with Crippen molar-refractivity contribution in [3.05, 3.63) is 44.8 Å². The van der Waals surface area contributed by atoms with E-state index in [1.165, 1.54) is 190 Å². The summed E-state index contributed by atoms with van der Waals surface area (Å²) in [5.74, 6) is -3.53. The van der Waals surface area contributed by atoms with Gasteiger partial charge in [-0.3, -0.25) is 28.8 Å². The number of thiophene rings is 2. The Balaban J connectivity index is 1.75. The van der Waals surface area contributed by atoms with Crippen molar-refractivity contribution in [1.29, 1.82) is 0 Å². The van der Waals surface area contributed by atoms with Gasteiger partial charge in [0.25, 0.3) is 0 Å². The van der Waals surface area contributed by atoms with Crippen LogP contribution in [0.1, 0.15) is 330 Å². The van der Waals surface area contributed by atoms with Crippen molar-refractivity contribution in [2.75, 3.05) is 13.2 Å². The van der Waals surface area contributed by atoms with Gasteiger partial charge in [-0.2, -0.15) is 0 Å². The third-order valence-electron chi connectivity index (χ3n) is 17.0.